The molecule has 0 bridgehead atoms. The zero-order chi connectivity index (χ0) is 14.3. The van der Waals surface area contributed by atoms with Gasteiger partial charge in [-0.3, -0.25) is 0 Å². The molecule has 0 radical (unpaired) electrons. The van der Waals surface area contributed by atoms with Crippen LogP contribution in [0.25, 0.3) is 0 Å². The molecule has 0 aromatic carbocycles. The van der Waals surface area contributed by atoms with Crippen LogP contribution in [-0.2, 0) is 23.2 Å². The maximum atomic E-state index is 5.71. The summed E-state index contributed by atoms with van der Waals surface area (Å²) in [5.74, 6) is 1.68. The fourth-order valence-corrected chi connectivity index (χ4v) is 3.61. The molecule has 1 N–H and O–H groups in total. The summed E-state index contributed by atoms with van der Waals surface area (Å²) in [6.07, 6.45) is 11.7. The summed E-state index contributed by atoms with van der Waals surface area (Å²) in [7, 11) is 1.79. The van der Waals surface area contributed by atoms with E-state index in [1.54, 1.807) is 7.11 Å². The Morgan fingerprint density at radius 3 is 2.86 bits per heavy atom. The summed E-state index contributed by atoms with van der Waals surface area (Å²) in [6.45, 7) is 1.16. The van der Waals surface area contributed by atoms with Gasteiger partial charge < -0.3 is 10.1 Å². The van der Waals surface area contributed by atoms with Crippen molar-refractivity contribution >= 4 is 0 Å². The number of methoxy groups -OCH3 is 1. The number of hydrogen-bond acceptors (Lipinski definition) is 4. The Labute approximate surface area is 126 Å². The first kappa shape index (κ1) is 13.6. The monoisotopic (exact) mass is 287 g/mol. The third-order valence-electron chi connectivity index (χ3n) is 5.48. The molecule has 3 aliphatic carbocycles. The molecular formula is C17H25N3O. The molecule has 0 saturated heterocycles. The standard InChI is InChI=1S/C17H25N3O/c1-21-17(7-2-8-17)16-19-11-13-9-12(3-6-15(13)20-16)10-18-14-4-5-14/h11-12,14,18H,2-10H2,1H3. The highest BCUT2D eigenvalue weighted by atomic mass is 16.5. The van der Waals surface area contributed by atoms with Gasteiger partial charge in [0.1, 0.15) is 5.60 Å². The van der Waals surface area contributed by atoms with Crippen LogP contribution in [0.5, 0.6) is 0 Å². The van der Waals surface area contributed by atoms with Gasteiger partial charge in [0.15, 0.2) is 5.82 Å². The fourth-order valence-electron chi connectivity index (χ4n) is 3.61. The number of nitrogens with zero attached hydrogens (tertiary/aromatic N) is 2. The average Bonchev–Trinajstić information content (AvgIpc) is 3.28. The molecule has 4 nitrogen and oxygen atoms in total. The largest absolute Gasteiger partial charge is 0.370 e. The van der Waals surface area contributed by atoms with E-state index in [-0.39, 0.29) is 5.60 Å². The van der Waals surface area contributed by atoms with E-state index in [1.165, 1.54) is 36.9 Å². The van der Waals surface area contributed by atoms with Gasteiger partial charge in [-0.1, -0.05) is 0 Å². The summed E-state index contributed by atoms with van der Waals surface area (Å²) in [6, 6.07) is 0.810. The lowest BCUT2D eigenvalue weighted by atomic mass is 9.79. The second-order valence-corrected chi connectivity index (χ2v) is 7.01. The molecule has 1 aromatic rings. The molecule has 2 saturated carbocycles. The van der Waals surface area contributed by atoms with E-state index in [4.69, 9.17) is 9.72 Å². The van der Waals surface area contributed by atoms with Gasteiger partial charge in [-0.25, -0.2) is 9.97 Å². The molecule has 1 aromatic heterocycles. The number of nitrogens with one attached hydrogen (secondary N) is 1. The Kier molecular flexibility index (Phi) is 3.46. The molecule has 4 heteroatoms. The molecule has 1 atom stereocenters. The zero-order valence-electron chi connectivity index (χ0n) is 12.9. The van der Waals surface area contributed by atoms with E-state index >= 15 is 0 Å². The molecule has 21 heavy (non-hydrogen) atoms. The summed E-state index contributed by atoms with van der Waals surface area (Å²) >= 11 is 0. The topological polar surface area (TPSA) is 47.0 Å². The number of aromatic nitrogens is 2. The van der Waals surface area contributed by atoms with Crippen LogP contribution in [0.2, 0.25) is 0 Å². The Hall–Kier alpha value is -1.00. The first-order valence-electron chi connectivity index (χ1n) is 8.43. The lowest BCUT2D eigenvalue weighted by Crippen LogP contribution is -2.38. The molecule has 4 rings (SSSR count). The van der Waals surface area contributed by atoms with Crippen molar-refractivity contribution in [3.8, 4) is 0 Å². The predicted molar refractivity (Wildman–Crippen MR) is 81.1 cm³/mol. The van der Waals surface area contributed by atoms with Crippen molar-refractivity contribution in [1.82, 2.24) is 15.3 Å². The quantitative estimate of drug-likeness (QED) is 0.903. The first-order valence-corrected chi connectivity index (χ1v) is 8.43. The van der Waals surface area contributed by atoms with Crippen LogP contribution in [-0.4, -0.2) is 29.7 Å². The van der Waals surface area contributed by atoms with Gasteiger partial charge in [0, 0.05) is 25.0 Å². The van der Waals surface area contributed by atoms with Crippen LogP contribution in [0.3, 0.4) is 0 Å². The Balaban J connectivity index is 1.46. The van der Waals surface area contributed by atoms with Gasteiger partial charge in [-0.15, -0.1) is 0 Å². The maximum absolute atomic E-state index is 5.71. The average molecular weight is 287 g/mol. The van der Waals surface area contributed by atoms with Crippen molar-refractivity contribution in [1.29, 1.82) is 0 Å². The van der Waals surface area contributed by atoms with E-state index < -0.39 is 0 Å². The molecule has 0 amide bonds. The smallest absolute Gasteiger partial charge is 0.160 e. The number of rotatable bonds is 5. The van der Waals surface area contributed by atoms with Crippen molar-refractivity contribution in [2.45, 2.75) is 63.0 Å². The summed E-state index contributed by atoms with van der Waals surface area (Å²) in [5, 5.41) is 3.66. The van der Waals surface area contributed by atoms with E-state index in [0.29, 0.717) is 0 Å². The number of aryl methyl sites for hydroxylation is 1. The second-order valence-electron chi connectivity index (χ2n) is 7.01. The first-order chi connectivity index (χ1) is 10.3. The van der Waals surface area contributed by atoms with Crippen molar-refractivity contribution in [2.75, 3.05) is 13.7 Å². The van der Waals surface area contributed by atoms with Crippen LogP contribution in [0.1, 0.15) is 55.6 Å². The number of ether oxygens (including phenoxy) is 1. The van der Waals surface area contributed by atoms with Gasteiger partial charge in [0.05, 0.1) is 0 Å². The van der Waals surface area contributed by atoms with E-state index in [9.17, 15) is 0 Å². The van der Waals surface area contributed by atoms with E-state index in [0.717, 1.165) is 50.0 Å². The van der Waals surface area contributed by atoms with E-state index in [2.05, 4.69) is 16.5 Å². The summed E-state index contributed by atoms with van der Waals surface area (Å²) in [5.41, 5.74) is 2.45. The van der Waals surface area contributed by atoms with Crippen molar-refractivity contribution in [2.24, 2.45) is 5.92 Å². The van der Waals surface area contributed by atoms with Crippen LogP contribution < -0.4 is 5.32 Å². The lowest BCUT2D eigenvalue weighted by molar-refractivity contribution is -0.0848. The molecule has 1 unspecified atom stereocenters. The second kappa shape index (κ2) is 5.33. The third kappa shape index (κ3) is 2.59. The van der Waals surface area contributed by atoms with Gasteiger partial charge in [-0.2, -0.15) is 0 Å². The lowest BCUT2D eigenvalue weighted by Gasteiger charge is -2.39. The Morgan fingerprint density at radius 1 is 1.33 bits per heavy atom. The van der Waals surface area contributed by atoms with Gasteiger partial charge in [0.25, 0.3) is 0 Å². The minimum Gasteiger partial charge on any atom is -0.370 e. The normalized spacial score (nSPS) is 27.0. The Bertz CT molecular complexity index is 517. The van der Waals surface area contributed by atoms with Gasteiger partial charge >= 0.3 is 0 Å². The predicted octanol–water partition coefficient (Wildman–Crippen LogP) is 2.36. The van der Waals surface area contributed by atoms with Crippen LogP contribution in [0, 0.1) is 5.92 Å². The number of hydrogen-bond donors (Lipinski definition) is 1. The van der Waals surface area contributed by atoms with Crippen LogP contribution in [0.4, 0.5) is 0 Å². The molecule has 114 valence electrons. The maximum Gasteiger partial charge on any atom is 0.160 e. The summed E-state index contributed by atoms with van der Waals surface area (Å²) in [4.78, 5) is 9.51. The van der Waals surface area contributed by atoms with Crippen molar-refractivity contribution < 1.29 is 4.74 Å². The van der Waals surface area contributed by atoms with Crippen LogP contribution in [0.15, 0.2) is 6.20 Å². The number of fused-ring (bicyclic) bond motifs is 1. The molecular weight excluding hydrogens is 262 g/mol. The highest BCUT2D eigenvalue weighted by Gasteiger charge is 2.42. The Morgan fingerprint density at radius 2 is 2.19 bits per heavy atom. The molecule has 0 aliphatic heterocycles. The van der Waals surface area contributed by atoms with Gasteiger partial charge in [-0.05, 0) is 69.4 Å². The summed E-state index contributed by atoms with van der Waals surface area (Å²) < 4.78 is 5.71. The molecule has 2 fully saturated rings. The molecule has 3 aliphatic rings. The highest BCUT2D eigenvalue weighted by molar-refractivity contribution is 5.24. The zero-order valence-corrected chi connectivity index (χ0v) is 12.9. The van der Waals surface area contributed by atoms with Crippen molar-refractivity contribution in [3.63, 3.8) is 0 Å². The minimum atomic E-state index is -0.181. The molecule has 0 spiro atoms. The SMILES string of the molecule is COC1(c2ncc3c(n2)CCC(CNC2CC2)C3)CCC1. The molecule has 1 heterocycles. The fraction of sp³-hybridized carbons (Fsp3) is 0.765. The van der Waals surface area contributed by atoms with Gasteiger partial charge in [0.2, 0.25) is 0 Å². The van der Waals surface area contributed by atoms with E-state index in [1.807, 2.05) is 0 Å². The highest BCUT2D eigenvalue weighted by Crippen LogP contribution is 2.43. The van der Waals surface area contributed by atoms with Crippen molar-refractivity contribution in [3.05, 3.63) is 23.3 Å². The third-order valence-corrected chi connectivity index (χ3v) is 5.48. The minimum absolute atomic E-state index is 0.181. The van der Waals surface area contributed by atoms with Crippen LogP contribution >= 0.6 is 0 Å².